The van der Waals surface area contributed by atoms with E-state index in [4.69, 9.17) is 9.47 Å². The molecule has 3 aromatic rings. The molecule has 0 saturated carbocycles. The van der Waals surface area contributed by atoms with Crippen LogP contribution in [0.2, 0.25) is 0 Å². The molecule has 144 valence electrons. The van der Waals surface area contributed by atoms with Gasteiger partial charge in [-0.2, -0.15) is 0 Å². The van der Waals surface area contributed by atoms with Crippen LogP contribution in [-0.2, 0) is 0 Å². The first-order chi connectivity index (χ1) is 13.6. The summed E-state index contributed by atoms with van der Waals surface area (Å²) in [6, 6.07) is 20.4. The molecule has 0 aliphatic rings. The summed E-state index contributed by atoms with van der Waals surface area (Å²) in [6.45, 7) is 3.12. The lowest BCUT2D eigenvalue weighted by Gasteiger charge is -2.09. The molecule has 28 heavy (non-hydrogen) atoms. The standard InChI is InChI=1S/C23H22FNO3/c1-17-4-2-5-22(16-17)28-15-3-14-27-21-12-6-18(7-13-21)23(26)25-20-10-8-19(24)9-11-20/h2,4-13,16H,3,14-15H2,1H3,(H,25,26). The number of benzene rings is 3. The second-order valence-corrected chi connectivity index (χ2v) is 6.35. The molecule has 3 aromatic carbocycles. The second-order valence-electron chi connectivity index (χ2n) is 6.35. The third kappa shape index (κ3) is 5.84. The Hall–Kier alpha value is -3.34. The lowest BCUT2D eigenvalue weighted by atomic mass is 10.2. The molecular formula is C23H22FNO3. The number of aryl methyl sites for hydroxylation is 1. The van der Waals surface area contributed by atoms with Gasteiger partial charge in [0.1, 0.15) is 17.3 Å². The first-order valence-corrected chi connectivity index (χ1v) is 9.09. The second kappa shape index (κ2) is 9.55. The van der Waals surface area contributed by atoms with Crippen molar-refractivity contribution in [3.63, 3.8) is 0 Å². The van der Waals surface area contributed by atoms with Gasteiger partial charge in [0.05, 0.1) is 13.2 Å². The number of carbonyl (C=O) groups excluding carboxylic acids is 1. The molecule has 3 rings (SSSR count). The Morgan fingerprint density at radius 3 is 2.25 bits per heavy atom. The summed E-state index contributed by atoms with van der Waals surface area (Å²) in [5.74, 6) is 0.943. The first-order valence-electron chi connectivity index (χ1n) is 9.09. The molecule has 4 nitrogen and oxygen atoms in total. The highest BCUT2D eigenvalue weighted by Gasteiger charge is 2.06. The molecule has 0 spiro atoms. The highest BCUT2D eigenvalue weighted by molar-refractivity contribution is 6.04. The molecule has 0 heterocycles. The Morgan fingerprint density at radius 1 is 0.893 bits per heavy atom. The fraction of sp³-hybridized carbons (Fsp3) is 0.174. The van der Waals surface area contributed by atoms with Crippen molar-refractivity contribution in [2.45, 2.75) is 13.3 Å². The number of amides is 1. The molecule has 0 aromatic heterocycles. The van der Waals surface area contributed by atoms with Crippen molar-refractivity contribution < 1.29 is 18.7 Å². The molecule has 0 radical (unpaired) electrons. The van der Waals surface area contributed by atoms with Gasteiger partial charge in [-0.1, -0.05) is 12.1 Å². The smallest absolute Gasteiger partial charge is 0.255 e. The molecule has 0 atom stereocenters. The fourth-order valence-electron chi connectivity index (χ4n) is 2.58. The quantitative estimate of drug-likeness (QED) is 0.545. The van der Waals surface area contributed by atoms with E-state index in [-0.39, 0.29) is 11.7 Å². The van der Waals surface area contributed by atoms with E-state index in [2.05, 4.69) is 5.32 Å². The molecule has 1 amide bonds. The Labute approximate surface area is 163 Å². The van der Waals surface area contributed by atoms with E-state index < -0.39 is 0 Å². The van der Waals surface area contributed by atoms with Gasteiger partial charge in [-0.25, -0.2) is 4.39 Å². The van der Waals surface area contributed by atoms with Gasteiger partial charge in [0.2, 0.25) is 0 Å². The van der Waals surface area contributed by atoms with Crippen LogP contribution in [0.1, 0.15) is 22.3 Å². The number of nitrogens with one attached hydrogen (secondary N) is 1. The maximum atomic E-state index is 12.9. The normalized spacial score (nSPS) is 10.4. The van der Waals surface area contributed by atoms with Crippen LogP contribution in [0.5, 0.6) is 11.5 Å². The summed E-state index contributed by atoms with van der Waals surface area (Å²) in [6.07, 6.45) is 0.751. The van der Waals surface area contributed by atoms with Gasteiger partial charge >= 0.3 is 0 Å². The molecule has 0 fully saturated rings. The van der Waals surface area contributed by atoms with Crippen LogP contribution in [0.4, 0.5) is 10.1 Å². The number of carbonyl (C=O) groups is 1. The van der Waals surface area contributed by atoms with Gasteiger partial charge in [0, 0.05) is 17.7 Å². The topological polar surface area (TPSA) is 47.6 Å². The van der Waals surface area contributed by atoms with Gasteiger partial charge < -0.3 is 14.8 Å². The zero-order chi connectivity index (χ0) is 19.8. The number of halogens is 1. The molecule has 0 bridgehead atoms. The van der Waals surface area contributed by atoms with E-state index in [1.54, 1.807) is 24.3 Å². The van der Waals surface area contributed by atoms with Crippen LogP contribution < -0.4 is 14.8 Å². The fourth-order valence-corrected chi connectivity index (χ4v) is 2.58. The molecule has 0 unspecified atom stereocenters. The Morgan fingerprint density at radius 2 is 1.57 bits per heavy atom. The van der Waals surface area contributed by atoms with Crippen molar-refractivity contribution in [3.05, 3.63) is 89.7 Å². The average molecular weight is 379 g/mol. The molecule has 0 aliphatic heterocycles. The van der Waals surface area contributed by atoms with E-state index in [0.717, 1.165) is 17.7 Å². The number of hydrogen-bond acceptors (Lipinski definition) is 3. The van der Waals surface area contributed by atoms with Crippen molar-refractivity contribution in [2.75, 3.05) is 18.5 Å². The monoisotopic (exact) mass is 379 g/mol. The largest absolute Gasteiger partial charge is 0.493 e. The Bertz CT molecular complexity index is 908. The number of anilines is 1. The summed E-state index contributed by atoms with van der Waals surface area (Å²) in [5, 5.41) is 2.72. The SMILES string of the molecule is Cc1cccc(OCCCOc2ccc(C(=O)Nc3ccc(F)cc3)cc2)c1. The summed E-state index contributed by atoms with van der Waals surface area (Å²) < 4.78 is 24.3. The minimum atomic E-state index is -0.344. The summed E-state index contributed by atoms with van der Waals surface area (Å²) in [4.78, 5) is 12.2. The van der Waals surface area contributed by atoms with Crippen LogP contribution in [0.3, 0.4) is 0 Å². The van der Waals surface area contributed by atoms with Gasteiger partial charge in [0.25, 0.3) is 5.91 Å². The number of rotatable bonds is 8. The van der Waals surface area contributed by atoms with E-state index in [1.807, 2.05) is 31.2 Å². The van der Waals surface area contributed by atoms with E-state index in [9.17, 15) is 9.18 Å². The zero-order valence-corrected chi connectivity index (χ0v) is 15.7. The van der Waals surface area contributed by atoms with Crippen LogP contribution in [0.25, 0.3) is 0 Å². The van der Waals surface area contributed by atoms with Crippen LogP contribution in [-0.4, -0.2) is 19.1 Å². The summed E-state index contributed by atoms with van der Waals surface area (Å²) in [7, 11) is 0. The third-order valence-electron chi connectivity index (χ3n) is 4.03. The number of hydrogen-bond donors (Lipinski definition) is 1. The minimum absolute atomic E-state index is 0.260. The maximum absolute atomic E-state index is 12.9. The van der Waals surface area contributed by atoms with Gasteiger partial charge in [-0.3, -0.25) is 4.79 Å². The molecule has 0 saturated heterocycles. The zero-order valence-electron chi connectivity index (χ0n) is 15.7. The van der Waals surface area contributed by atoms with Gasteiger partial charge in [0.15, 0.2) is 0 Å². The summed E-state index contributed by atoms with van der Waals surface area (Å²) in [5.41, 5.74) is 2.21. The van der Waals surface area contributed by atoms with Crippen molar-refractivity contribution in [1.82, 2.24) is 0 Å². The summed E-state index contributed by atoms with van der Waals surface area (Å²) >= 11 is 0. The molecule has 0 aliphatic carbocycles. The van der Waals surface area contributed by atoms with Crippen LogP contribution in [0.15, 0.2) is 72.8 Å². The third-order valence-corrected chi connectivity index (χ3v) is 4.03. The van der Waals surface area contributed by atoms with E-state index in [0.29, 0.717) is 30.2 Å². The maximum Gasteiger partial charge on any atom is 0.255 e. The molecular weight excluding hydrogens is 357 g/mol. The Kier molecular flexibility index (Phi) is 6.63. The van der Waals surface area contributed by atoms with E-state index >= 15 is 0 Å². The van der Waals surface area contributed by atoms with Gasteiger partial charge in [-0.15, -0.1) is 0 Å². The first kappa shape index (κ1) is 19.4. The van der Waals surface area contributed by atoms with Crippen LogP contribution in [0, 0.1) is 12.7 Å². The average Bonchev–Trinajstić information content (AvgIpc) is 2.70. The minimum Gasteiger partial charge on any atom is -0.493 e. The Balaban J connectivity index is 1.41. The van der Waals surface area contributed by atoms with Crippen LogP contribution >= 0.6 is 0 Å². The predicted molar refractivity (Wildman–Crippen MR) is 108 cm³/mol. The lowest BCUT2D eigenvalue weighted by molar-refractivity contribution is 0.102. The molecule has 5 heteroatoms. The van der Waals surface area contributed by atoms with Crippen molar-refractivity contribution in [2.24, 2.45) is 0 Å². The van der Waals surface area contributed by atoms with E-state index in [1.165, 1.54) is 24.3 Å². The van der Waals surface area contributed by atoms with Crippen molar-refractivity contribution >= 4 is 11.6 Å². The highest BCUT2D eigenvalue weighted by Crippen LogP contribution is 2.16. The van der Waals surface area contributed by atoms with Crippen molar-refractivity contribution in [1.29, 1.82) is 0 Å². The molecule has 1 N–H and O–H groups in total. The lowest BCUT2D eigenvalue weighted by Crippen LogP contribution is -2.11. The number of ether oxygens (including phenoxy) is 2. The highest BCUT2D eigenvalue weighted by atomic mass is 19.1. The predicted octanol–water partition coefficient (Wildman–Crippen LogP) is 5.23. The van der Waals surface area contributed by atoms with Gasteiger partial charge in [-0.05, 0) is 73.2 Å². The van der Waals surface area contributed by atoms with Crippen molar-refractivity contribution in [3.8, 4) is 11.5 Å².